The molecule has 162 valence electrons. The lowest BCUT2D eigenvalue weighted by molar-refractivity contribution is 0.181. The molecule has 31 heavy (non-hydrogen) atoms. The molecule has 1 unspecified atom stereocenters. The highest BCUT2D eigenvalue weighted by Gasteiger charge is 2.24. The van der Waals surface area contributed by atoms with Crippen LogP contribution in [0, 0.1) is 0 Å². The number of cyclic esters (lactones) is 1. The van der Waals surface area contributed by atoms with Gasteiger partial charge in [0, 0.05) is 30.2 Å². The molecule has 0 bridgehead atoms. The Hall–Kier alpha value is -3.75. The molecule has 1 atom stereocenters. The van der Waals surface area contributed by atoms with Crippen LogP contribution in [0.5, 0.6) is 0 Å². The third-order valence-electron chi connectivity index (χ3n) is 5.29. The second-order valence-corrected chi connectivity index (χ2v) is 7.47. The van der Waals surface area contributed by atoms with E-state index in [0.29, 0.717) is 31.9 Å². The summed E-state index contributed by atoms with van der Waals surface area (Å²) in [6.45, 7) is 4.07. The van der Waals surface area contributed by atoms with Gasteiger partial charge < -0.3 is 20.7 Å². The lowest BCUT2D eigenvalue weighted by atomic mass is 10.1. The maximum Gasteiger partial charge on any atom is 0.414 e. The second-order valence-electron chi connectivity index (χ2n) is 7.47. The van der Waals surface area contributed by atoms with E-state index in [9.17, 15) is 14.4 Å². The lowest BCUT2D eigenvalue weighted by Gasteiger charge is -2.27. The van der Waals surface area contributed by atoms with Crippen LogP contribution in [0.1, 0.15) is 24.9 Å². The topological polar surface area (TPSA) is 103 Å². The zero-order valence-corrected chi connectivity index (χ0v) is 17.3. The van der Waals surface area contributed by atoms with Gasteiger partial charge in [0.05, 0.1) is 12.6 Å². The molecule has 9 nitrogen and oxygen atoms in total. The molecule has 9 heteroatoms. The number of rotatable bonds is 5. The van der Waals surface area contributed by atoms with Gasteiger partial charge >= 0.3 is 18.2 Å². The minimum atomic E-state index is -0.363. The molecular weight excluding hydrogens is 398 g/mol. The zero-order chi connectivity index (χ0) is 21.8. The number of nitrogens with one attached hydrogen (secondary N) is 3. The lowest BCUT2D eigenvalue weighted by Crippen LogP contribution is -2.46. The Kier molecular flexibility index (Phi) is 5.92. The third-order valence-corrected chi connectivity index (χ3v) is 5.29. The van der Waals surface area contributed by atoms with Crippen molar-refractivity contribution >= 4 is 35.2 Å². The van der Waals surface area contributed by atoms with Gasteiger partial charge in [-0.2, -0.15) is 0 Å². The van der Waals surface area contributed by atoms with Crippen LogP contribution >= 0.6 is 0 Å². The van der Waals surface area contributed by atoms with Gasteiger partial charge in [-0.25, -0.2) is 14.4 Å². The van der Waals surface area contributed by atoms with Gasteiger partial charge in [0.2, 0.25) is 0 Å². The smallest absolute Gasteiger partial charge is 0.414 e. The first-order chi connectivity index (χ1) is 15.0. The summed E-state index contributed by atoms with van der Waals surface area (Å²) in [4.78, 5) is 39.6. The Morgan fingerprint density at radius 1 is 1.06 bits per heavy atom. The number of hydrogen-bond donors (Lipinski definition) is 3. The fourth-order valence-corrected chi connectivity index (χ4v) is 3.66. The highest BCUT2D eigenvalue weighted by molar-refractivity contribution is 5.95. The number of ether oxygens (including phenoxy) is 1. The summed E-state index contributed by atoms with van der Waals surface area (Å²) in [6.07, 6.45) is 0.507. The first-order valence-electron chi connectivity index (χ1n) is 10.3. The Bertz CT molecular complexity index is 995. The van der Waals surface area contributed by atoms with Crippen molar-refractivity contribution in [3.05, 3.63) is 54.1 Å². The van der Waals surface area contributed by atoms with Crippen molar-refractivity contribution in [1.29, 1.82) is 0 Å². The minimum absolute atomic E-state index is 0.136. The Morgan fingerprint density at radius 2 is 1.84 bits per heavy atom. The molecular formula is C22H25N5O4. The van der Waals surface area contributed by atoms with Crippen LogP contribution in [0.2, 0.25) is 0 Å². The van der Waals surface area contributed by atoms with Crippen LogP contribution in [0.25, 0.3) is 0 Å². The van der Waals surface area contributed by atoms with Gasteiger partial charge in [0.1, 0.15) is 6.61 Å². The maximum atomic E-state index is 12.5. The summed E-state index contributed by atoms with van der Waals surface area (Å²) in [5.41, 5.74) is 2.93. The average Bonchev–Trinajstić information content (AvgIpc) is 3.20. The van der Waals surface area contributed by atoms with E-state index >= 15 is 0 Å². The predicted octanol–water partition coefficient (Wildman–Crippen LogP) is 3.45. The molecule has 2 aromatic rings. The number of hydrogen-bond acceptors (Lipinski definition) is 4. The monoisotopic (exact) mass is 423 g/mol. The quantitative estimate of drug-likeness (QED) is 0.685. The molecule has 2 aliphatic heterocycles. The van der Waals surface area contributed by atoms with E-state index in [2.05, 4.69) is 16.0 Å². The summed E-state index contributed by atoms with van der Waals surface area (Å²) in [5, 5.41) is 8.54. The van der Waals surface area contributed by atoms with Crippen LogP contribution in [-0.4, -0.2) is 44.4 Å². The first kappa shape index (κ1) is 20.5. The summed E-state index contributed by atoms with van der Waals surface area (Å²) >= 11 is 0. The number of anilines is 3. The van der Waals surface area contributed by atoms with Crippen molar-refractivity contribution in [1.82, 2.24) is 10.6 Å². The maximum absolute atomic E-state index is 12.5. The molecule has 0 aliphatic carbocycles. The molecule has 2 saturated heterocycles. The van der Waals surface area contributed by atoms with Gasteiger partial charge in [-0.3, -0.25) is 9.80 Å². The molecule has 2 fully saturated rings. The number of urea groups is 2. The number of amides is 5. The van der Waals surface area contributed by atoms with Crippen molar-refractivity contribution in [3.63, 3.8) is 0 Å². The third kappa shape index (κ3) is 4.71. The molecule has 4 rings (SSSR count). The molecule has 0 aromatic heterocycles. The molecule has 0 saturated carbocycles. The van der Waals surface area contributed by atoms with Crippen LogP contribution in [0.15, 0.2) is 48.5 Å². The van der Waals surface area contributed by atoms with Crippen LogP contribution in [0.4, 0.5) is 31.4 Å². The molecule has 2 aliphatic rings. The van der Waals surface area contributed by atoms with E-state index in [4.69, 9.17) is 4.74 Å². The van der Waals surface area contributed by atoms with E-state index in [1.54, 1.807) is 28.0 Å². The normalized spacial score (nSPS) is 17.1. The fraction of sp³-hybridized carbons (Fsp3) is 0.318. The molecule has 2 heterocycles. The molecule has 2 aromatic carbocycles. The average molecular weight is 423 g/mol. The summed E-state index contributed by atoms with van der Waals surface area (Å²) < 4.78 is 4.99. The van der Waals surface area contributed by atoms with Gasteiger partial charge in [-0.1, -0.05) is 18.2 Å². The second kappa shape index (κ2) is 8.95. The zero-order valence-electron chi connectivity index (χ0n) is 17.3. The van der Waals surface area contributed by atoms with Crippen molar-refractivity contribution in [2.24, 2.45) is 0 Å². The van der Waals surface area contributed by atoms with Crippen LogP contribution in [0.3, 0.4) is 0 Å². The summed E-state index contributed by atoms with van der Waals surface area (Å²) in [7, 11) is 0. The predicted molar refractivity (Wildman–Crippen MR) is 118 cm³/mol. The van der Waals surface area contributed by atoms with Crippen molar-refractivity contribution in [3.8, 4) is 0 Å². The van der Waals surface area contributed by atoms with E-state index in [1.165, 1.54) is 0 Å². The first-order valence-corrected chi connectivity index (χ1v) is 10.3. The Labute approximate surface area is 180 Å². The highest BCUT2D eigenvalue weighted by Crippen LogP contribution is 2.24. The van der Waals surface area contributed by atoms with Gasteiger partial charge in [0.15, 0.2) is 0 Å². The van der Waals surface area contributed by atoms with Crippen molar-refractivity contribution in [2.75, 3.05) is 41.4 Å². The van der Waals surface area contributed by atoms with E-state index in [1.807, 2.05) is 37.3 Å². The molecule has 3 N–H and O–H groups in total. The van der Waals surface area contributed by atoms with Gasteiger partial charge in [-0.15, -0.1) is 0 Å². The number of carbonyl (C=O) groups excluding carboxylic acids is 3. The molecule has 5 amide bonds. The standard InChI is InChI=1S/C22H25N5O4/c1-15(16-5-2-7-18(13-16)27-11-12-31-22(27)30)24-20(28)25-17-6-3-8-19(14-17)26-10-4-9-23-21(26)29/h2-3,5-8,13-15H,4,9-12H2,1H3,(H,23,29)(H2,24,25,28). The summed E-state index contributed by atoms with van der Waals surface area (Å²) in [6, 6.07) is 13.9. The fourth-order valence-electron chi connectivity index (χ4n) is 3.66. The van der Waals surface area contributed by atoms with Gasteiger partial charge in [-0.05, 0) is 49.2 Å². The van der Waals surface area contributed by atoms with E-state index in [0.717, 1.165) is 23.4 Å². The molecule has 0 spiro atoms. The Morgan fingerprint density at radius 3 is 2.58 bits per heavy atom. The number of nitrogens with zero attached hydrogens (tertiary/aromatic N) is 2. The molecule has 0 radical (unpaired) electrons. The van der Waals surface area contributed by atoms with Crippen molar-refractivity contribution in [2.45, 2.75) is 19.4 Å². The van der Waals surface area contributed by atoms with E-state index < -0.39 is 0 Å². The largest absolute Gasteiger partial charge is 0.447 e. The SMILES string of the molecule is CC(NC(=O)Nc1cccc(N2CCCNC2=O)c1)c1cccc(N2CCOC2=O)c1. The summed E-state index contributed by atoms with van der Waals surface area (Å²) in [5.74, 6) is 0. The van der Waals surface area contributed by atoms with E-state index in [-0.39, 0.29) is 24.2 Å². The highest BCUT2D eigenvalue weighted by atomic mass is 16.6. The Balaban J connectivity index is 1.39. The number of carbonyl (C=O) groups is 3. The van der Waals surface area contributed by atoms with Gasteiger partial charge in [0.25, 0.3) is 0 Å². The van der Waals surface area contributed by atoms with Crippen LogP contribution in [-0.2, 0) is 4.74 Å². The van der Waals surface area contributed by atoms with Crippen molar-refractivity contribution < 1.29 is 19.1 Å². The minimum Gasteiger partial charge on any atom is -0.447 e. The van der Waals surface area contributed by atoms with Crippen LogP contribution < -0.4 is 25.8 Å². The number of benzene rings is 2.